The molecule has 29 heavy (non-hydrogen) atoms. The van der Waals surface area contributed by atoms with Crippen LogP contribution in [0.1, 0.15) is 51.9 Å². The molecule has 10 heteroatoms. The first kappa shape index (κ1) is 20.8. The zero-order chi connectivity index (χ0) is 21.2. The molecule has 3 amide bonds. The van der Waals surface area contributed by atoms with Crippen LogP contribution in [0.25, 0.3) is 0 Å². The summed E-state index contributed by atoms with van der Waals surface area (Å²) in [5, 5.41) is 9.06. The summed E-state index contributed by atoms with van der Waals surface area (Å²) in [5.41, 5.74) is 3.74. The number of amides is 3. The number of primary amides is 1. The zero-order valence-corrected chi connectivity index (χ0v) is 16.7. The number of aromatic nitrogens is 2. The van der Waals surface area contributed by atoms with Gasteiger partial charge in [-0.05, 0) is 37.5 Å². The fourth-order valence-electron chi connectivity index (χ4n) is 3.93. The van der Waals surface area contributed by atoms with Gasteiger partial charge in [-0.15, -0.1) is 0 Å². The van der Waals surface area contributed by atoms with Crippen LogP contribution in [0.5, 0.6) is 0 Å². The van der Waals surface area contributed by atoms with Crippen LogP contribution in [-0.4, -0.2) is 45.1 Å². The first-order valence-corrected chi connectivity index (χ1v) is 9.76. The van der Waals surface area contributed by atoms with Gasteiger partial charge < -0.3 is 21.1 Å². The average molecular weight is 405 g/mol. The van der Waals surface area contributed by atoms with E-state index in [0.29, 0.717) is 19.3 Å². The molecular weight excluding hydrogens is 378 g/mol. The molecule has 0 bridgehead atoms. The standard InChI is InChI=1S/C19H27N5O5/c1-18(6-3-4-7-18)11-12(29-17(20)28)15(26)22-19(8-9-19)14(25)16(27)21-13-5-10-24(2)23-13/h5,10,12H,3-4,6-9,11H2,1-2H3,(H2,20,28)(H,22,26)(H,21,23,27). The van der Waals surface area contributed by atoms with Crippen molar-refractivity contribution in [2.45, 2.75) is 63.5 Å². The first-order chi connectivity index (χ1) is 13.6. The second kappa shape index (κ2) is 7.84. The van der Waals surface area contributed by atoms with Crippen molar-refractivity contribution in [1.82, 2.24) is 15.1 Å². The Morgan fingerprint density at radius 1 is 1.24 bits per heavy atom. The molecule has 0 saturated heterocycles. The highest BCUT2D eigenvalue weighted by atomic mass is 16.6. The predicted molar refractivity (Wildman–Crippen MR) is 103 cm³/mol. The Morgan fingerprint density at radius 2 is 1.90 bits per heavy atom. The third-order valence-electron chi connectivity index (χ3n) is 5.75. The van der Waals surface area contributed by atoms with Crippen molar-refractivity contribution in [1.29, 1.82) is 0 Å². The van der Waals surface area contributed by atoms with E-state index in [2.05, 4.69) is 15.7 Å². The van der Waals surface area contributed by atoms with E-state index in [-0.39, 0.29) is 11.2 Å². The van der Waals surface area contributed by atoms with Gasteiger partial charge in [-0.3, -0.25) is 19.1 Å². The van der Waals surface area contributed by atoms with Gasteiger partial charge in [-0.1, -0.05) is 19.8 Å². The number of carbonyl (C=O) groups excluding carboxylic acids is 4. The molecule has 1 atom stereocenters. The lowest BCUT2D eigenvalue weighted by Crippen LogP contribution is -2.52. The number of nitrogens with one attached hydrogen (secondary N) is 2. The summed E-state index contributed by atoms with van der Waals surface area (Å²) in [6, 6.07) is 1.56. The molecule has 1 unspecified atom stereocenters. The summed E-state index contributed by atoms with van der Waals surface area (Å²) in [7, 11) is 1.68. The van der Waals surface area contributed by atoms with Crippen LogP contribution in [0.4, 0.5) is 10.6 Å². The molecule has 0 aromatic carbocycles. The number of hydrogen-bond donors (Lipinski definition) is 3. The van der Waals surface area contributed by atoms with Crippen molar-refractivity contribution < 1.29 is 23.9 Å². The van der Waals surface area contributed by atoms with E-state index in [9.17, 15) is 19.2 Å². The summed E-state index contributed by atoms with van der Waals surface area (Å²) in [5.74, 6) is -1.96. The molecule has 2 saturated carbocycles. The van der Waals surface area contributed by atoms with Gasteiger partial charge in [0.1, 0.15) is 5.54 Å². The summed E-state index contributed by atoms with van der Waals surface area (Å²) >= 11 is 0. The lowest BCUT2D eigenvalue weighted by atomic mass is 9.82. The van der Waals surface area contributed by atoms with Gasteiger partial charge in [0.25, 0.3) is 11.8 Å². The third kappa shape index (κ3) is 4.93. The maximum Gasteiger partial charge on any atom is 0.405 e. The molecule has 1 heterocycles. The second-order valence-corrected chi connectivity index (χ2v) is 8.38. The zero-order valence-electron chi connectivity index (χ0n) is 16.7. The highest BCUT2D eigenvalue weighted by Crippen LogP contribution is 2.42. The molecule has 2 aliphatic carbocycles. The van der Waals surface area contributed by atoms with Crippen LogP contribution in [0.2, 0.25) is 0 Å². The van der Waals surface area contributed by atoms with Crippen molar-refractivity contribution in [3.05, 3.63) is 12.3 Å². The minimum absolute atomic E-state index is 0.130. The Bertz CT molecular complexity index is 823. The predicted octanol–water partition coefficient (Wildman–Crippen LogP) is 1.01. The van der Waals surface area contributed by atoms with Crippen molar-refractivity contribution in [2.24, 2.45) is 18.2 Å². The molecule has 0 radical (unpaired) electrons. The van der Waals surface area contributed by atoms with E-state index in [1.54, 1.807) is 19.3 Å². The Labute approximate surface area is 168 Å². The van der Waals surface area contributed by atoms with Gasteiger partial charge >= 0.3 is 6.09 Å². The molecular formula is C19H27N5O5. The van der Waals surface area contributed by atoms with Gasteiger partial charge in [0, 0.05) is 19.3 Å². The fraction of sp³-hybridized carbons (Fsp3) is 0.632. The lowest BCUT2D eigenvalue weighted by Gasteiger charge is -2.29. The minimum Gasteiger partial charge on any atom is -0.436 e. The molecule has 1 aromatic rings. The Hall–Kier alpha value is -2.91. The van der Waals surface area contributed by atoms with Crippen LogP contribution in [-0.2, 0) is 26.2 Å². The SMILES string of the molecule is Cn1ccc(NC(=O)C(=O)C2(NC(=O)C(CC3(C)CCCC3)OC(N)=O)CC2)n1. The smallest absolute Gasteiger partial charge is 0.405 e. The molecule has 1 aromatic heterocycles. The van der Waals surface area contributed by atoms with Gasteiger partial charge in [0.15, 0.2) is 11.9 Å². The van der Waals surface area contributed by atoms with Crippen molar-refractivity contribution >= 4 is 29.5 Å². The van der Waals surface area contributed by atoms with Crippen molar-refractivity contribution in [2.75, 3.05) is 5.32 Å². The van der Waals surface area contributed by atoms with Gasteiger partial charge in [0.05, 0.1) is 0 Å². The first-order valence-electron chi connectivity index (χ1n) is 9.76. The maximum atomic E-state index is 12.8. The highest BCUT2D eigenvalue weighted by molar-refractivity contribution is 6.44. The van der Waals surface area contributed by atoms with E-state index >= 15 is 0 Å². The second-order valence-electron chi connectivity index (χ2n) is 8.38. The summed E-state index contributed by atoms with van der Waals surface area (Å²) in [6.07, 6.45) is 4.45. The Kier molecular flexibility index (Phi) is 5.63. The van der Waals surface area contributed by atoms with E-state index in [1.165, 1.54) is 4.68 Å². The summed E-state index contributed by atoms with van der Waals surface area (Å²) in [6.45, 7) is 2.04. The molecule has 10 nitrogen and oxygen atoms in total. The third-order valence-corrected chi connectivity index (χ3v) is 5.75. The lowest BCUT2D eigenvalue weighted by molar-refractivity contribution is -0.140. The topological polar surface area (TPSA) is 145 Å². The van der Waals surface area contributed by atoms with E-state index < -0.39 is 35.3 Å². The number of Topliss-reactive ketones (excluding diaryl/α,β-unsaturated/α-hetero) is 1. The maximum absolute atomic E-state index is 12.8. The van der Waals surface area contributed by atoms with E-state index in [1.807, 2.05) is 6.92 Å². The van der Waals surface area contributed by atoms with E-state index in [4.69, 9.17) is 10.5 Å². The van der Waals surface area contributed by atoms with Crippen LogP contribution in [0.3, 0.4) is 0 Å². The fourth-order valence-corrected chi connectivity index (χ4v) is 3.93. The number of anilines is 1. The number of aryl methyl sites for hydroxylation is 1. The molecule has 2 aliphatic rings. The van der Waals surface area contributed by atoms with Gasteiger partial charge in [0.2, 0.25) is 5.78 Å². The highest BCUT2D eigenvalue weighted by Gasteiger charge is 2.54. The van der Waals surface area contributed by atoms with Crippen LogP contribution in [0, 0.1) is 5.41 Å². The van der Waals surface area contributed by atoms with Gasteiger partial charge in [-0.25, -0.2) is 4.79 Å². The largest absolute Gasteiger partial charge is 0.436 e. The molecule has 2 fully saturated rings. The van der Waals surface area contributed by atoms with Gasteiger partial charge in [-0.2, -0.15) is 5.10 Å². The molecule has 4 N–H and O–H groups in total. The quantitative estimate of drug-likeness (QED) is 0.550. The number of carbonyl (C=O) groups is 4. The summed E-state index contributed by atoms with van der Waals surface area (Å²) < 4.78 is 6.54. The Balaban J connectivity index is 1.65. The van der Waals surface area contributed by atoms with Crippen molar-refractivity contribution in [3.8, 4) is 0 Å². The normalized spacial score (nSPS) is 19.8. The summed E-state index contributed by atoms with van der Waals surface area (Å²) in [4.78, 5) is 49.0. The number of hydrogen-bond acceptors (Lipinski definition) is 6. The van der Waals surface area contributed by atoms with Crippen molar-refractivity contribution in [3.63, 3.8) is 0 Å². The number of nitrogens with two attached hydrogens (primary N) is 1. The average Bonchev–Trinajstić information content (AvgIpc) is 3.10. The number of rotatable bonds is 8. The monoisotopic (exact) mass is 405 g/mol. The van der Waals surface area contributed by atoms with Crippen LogP contribution < -0.4 is 16.4 Å². The molecule has 158 valence electrons. The molecule has 0 spiro atoms. The van der Waals surface area contributed by atoms with E-state index in [0.717, 1.165) is 25.7 Å². The number of ether oxygens (including phenoxy) is 1. The minimum atomic E-state index is -1.27. The van der Waals surface area contributed by atoms with Crippen LogP contribution >= 0.6 is 0 Å². The molecule has 0 aliphatic heterocycles. The Morgan fingerprint density at radius 3 is 2.41 bits per heavy atom. The number of nitrogens with zero attached hydrogens (tertiary/aromatic N) is 2. The molecule has 3 rings (SSSR count). The number of ketones is 1. The van der Waals surface area contributed by atoms with Crippen LogP contribution in [0.15, 0.2) is 12.3 Å².